The molecule has 2 amide bonds. The smallest absolute Gasteiger partial charge is 0.236 e. The molecule has 0 spiro atoms. The van der Waals surface area contributed by atoms with Crippen molar-refractivity contribution in [1.29, 1.82) is 5.26 Å². The van der Waals surface area contributed by atoms with Crippen LogP contribution >= 0.6 is 0 Å². The van der Waals surface area contributed by atoms with Crippen LogP contribution in [0.25, 0.3) is 0 Å². The first-order valence-electron chi connectivity index (χ1n) is 9.87. The number of nitriles is 1. The number of carbonyl (C=O) groups is 2. The highest BCUT2D eigenvalue weighted by Crippen LogP contribution is 2.22. The Balaban J connectivity index is 1.87. The van der Waals surface area contributed by atoms with E-state index < -0.39 is 0 Å². The van der Waals surface area contributed by atoms with Crippen molar-refractivity contribution < 1.29 is 14.0 Å². The Bertz CT molecular complexity index is 703. The zero-order valence-electron chi connectivity index (χ0n) is 17.0. The molecule has 0 atom stereocenters. The highest BCUT2D eigenvalue weighted by atomic mass is 16.4. The predicted molar refractivity (Wildman–Crippen MR) is 105 cm³/mol. The second-order valence-electron chi connectivity index (χ2n) is 6.93. The average Bonchev–Trinajstić information content (AvgIpc) is 3.07. The van der Waals surface area contributed by atoms with Crippen molar-refractivity contribution in [3.8, 4) is 6.07 Å². The number of rotatable bonds is 9. The summed E-state index contributed by atoms with van der Waals surface area (Å²) < 4.78 is 5.55. The molecule has 0 aliphatic carbocycles. The molecule has 1 saturated heterocycles. The van der Waals surface area contributed by atoms with Gasteiger partial charge in [-0.05, 0) is 19.4 Å². The number of amides is 2. The molecule has 1 aliphatic heterocycles. The molecular formula is C19H30N6O3. The Hall–Kier alpha value is -2.60. The van der Waals surface area contributed by atoms with Gasteiger partial charge in [0, 0.05) is 39.6 Å². The fraction of sp³-hybridized carbons (Fsp3) is 0.684. The molecule has 0 aromatic carbocycles. The molecule has 1 aromatic rings. The van der Waals surface area contributed by atoms with Gasteiger partial charge in [0.2, 0.25) is 23.4 Å². The van der Waals surface area contributed by atoms with Gasteiger partial charge < -0.3 is 19.5 Å². The molecule has 1 fully saturated rings. The van der Waals surface area contributed by atoms with E-state index in [9.17, 15) is 14.9 Å². The lowest BCUT2D eigenvalue weighted by molar-refractivity contribution is -0.133. The van der Waals surface area contributed by atoms with E-state index >= 15 is 0 Å². The van der Waals surface area contributed by atoms with Crippen LogP contribution in [0.15, 0.2) is 4.42 Å². The number of hydrogen-bond acceptors (Lipinski definition) is 7. The maximum atomic E-state index is 12.7. The number of nitrogens with one attached hydrogen (secondary N) is 1. The van der Waals surface area contributed by atoms with E-state index in [2.05, 4.69) is 10.3 Å². The first kappa shape index (κ1) is 21.7. The minimum atomic E-state index is -0.0439. The van der Waals surface area contributed by atoms with Crippen molar-refractivity contribution in [2.45, 2.75) is 33.6 Å². The van der Waals surface area contributed by atoms with Crippen molar-refractivity contribution >= 4 is 17.7 Å². The number of nitrogens with zero attached hydrogens (tertiary/aromatic N) is 5. The van der Waals surface area contributed by atoms with Crippen LogP contribution in [-0.2, 0) is 9.59 Å². The Kier molecular flexibility index (Phi) is 8.26. The molecule has 2 rings (SSSR count). The van der Waals surface area contributed by atoms with E-state index in [4.69, 9.17) is 4.42 Å². The van der Waals surface area contributed by atoms with Crippen LogP contribution in [0.4, 0.5) is 5.88 Å². The van der Waals surface area contributed by atoms with Gasteiger partial charge in [-0.2, -0.15) is 5.26 Å². The number of hydrogen-bond donors (Lipinski definition) is 1. The zero-order valence-corrected chi connectivity index (χ0v) is 17.0. The van der Waals surface area contributed by atoms with Crippen molar-refractivity contribution in [1.82, 2.24) is 20.1 Å². The normalized spacial score (nSPS) is 14.2. The molecular weight excluding hydrogens is 360 g/mol. The number of anilines is 1. The lowest BCUT2D eigenvalue weighted by Crippen LogP contribution is -2.52. The summed E-state index contributed by atoms with van der Waals surface area (Å²) in [5.74, 6) is 0.914. The fourth-order valence-electron chi connectivity index (χ4n) is 3.21. The lowest BCUT2D eigenvalue weighted by Gasteiger charge is -2.35. The molecule has 1 aliphatic rings. The second-order valence-corrected chi connectivity index (χ2v) is 6.93. The second kappa shape index (κ2) is 10.7. The van der Waals surface area contributed by atoms with Crippen molar-refractivity contribution in [2.24, 2.45) is 0 Å². The number of aryl methyl sites for hydroxylation is 1. The van der Waals surface area contributed by atoms with Crippen LogP contribution in [-0.4, -0.2) is 79.0 Å². The van der Waals surface area contributed by atoms with Crippen molar-refractivity contribution in [2.75, 3.05) is 57.3 Å². The molecule has 0 saturated carbocycles. The monoisotopic (exact) mass is 390 g/mol. The van der Waals surface area contributed by atoms with Gasteiger partial charge in [0.15, 0.2) is 5.89 Å². The van der Waals surface area contributed by atoms with Gasteiger partial charge in [0.05, 0.1) is 13.1 Å². The molecule has 0 bridgehead atoms. The number of aromatic nitrogens is 1. The standard InChI is InChI=1S/C19H30N6O3/c1-4-6-21-17(26)13-23(7-5-2)14-18(27)24-8-10-25(11-9-24)19-16(12-20)22-15(3)28-19/h4-11,13-14H2,1-3H3,(H,21,26). The Labute approximate surface area is 166 Å². The molecule has 9 heteroatoms. The van der Waals surface area contributed by atoms with Gasteiger partial charge in [-0.3, -0.25) is 14.5 Å². The topological polar surface area (TPSA) is 106 Å². The summed E-state index contributed by atoms with van der Waals surface area (Å²) in [4.78, 5) is 34.4. The maximum absolute atomic E-state index is 12.7. The number of carbonyl (C=O) groups excluding carboxylic acids is 2. The maximum Gasteiger partial charge on any atom is 0.236 e. The fourth-order valence-corrected chi connectivity index (χ4v) is 3.21. The lowest BCUT2D eigenvalue weighted by atomic mass is 10.3. The van der Waals surface area contributed by atoms with Gasteiger partial charge in [-0.15, -0.1) is 0 Å². The average molecular weight is 390 g/mol. The third-order valence-corrected chi connectivity index (χ3v) is 4.58. The SMILES string of the molecule is CCCNC(=O)CN(CCC)CC(=O)N1CCN(c2oc(C)nc2C#N)CC1. The van der Waals surface area contributed by atoms with E-state index in [1.165, 1.54) is 0 Å². The largest absolute Gasteiger partial charge is 0.424 e. The Morgan fingerprint density at radius 2 is 1.93 bits per heavy atom. The number of piperazine rings is 1. The minimum absolute atomic E-state index is 0.0191. The first-order chi connectivity index (χ1) is 13.5. The Morgan fingerprint density at radius 1 is 1.21 bits per heavy atom. The highest BCUT2D eigenvalue weighted by Gasteiger charge is 2.26. The van der Waals surface area contributed by atoms with E-state index in [0.29, 0.717) is 51.0 Å². The predicted octanol–water partition coefficient (Wildman–Crippen LogP) is 0.742. The zero-order chi connectivity index (χ0) is 20.5. The van der Waals surface area contributed by atoms with E-state index in [1.54, 1.807) is 11.8 Å². The van der Waals surface area contributed by atoms with Crippen LogP contribution in [0.2, 0.25) is 0 Å². The number of oxazole rings is 1. The summed E-state index contributed by atoms with van der Waals surface area (Å²) in [6.07, 6.45) is 1.77. The summed E-state index contributed by atoms with van der Waals surface area (Å²) in [6, 6.07) is 2.05. The van der Waals surface area contributed by atoms with Crippen LogP contribution in [0.1, 0.15) is 38.3 Å². The van der Waals surface area contributed by atoms with Crippen LogP contribution in [0.5, 0.6) is 0 Å². The first-order valence-corrected chi connectivity index (χ1v) is 9.87. The van der Waals surface area contributed by atoms with E-state index in [0.717, 1.165) is 12.8 Å². The molecule has 0 radical (unpaired) electrons. The van der Waals surface area contributed by atoms with Gasteiger partial charge in [0.1, 0.15) is 6.07 Å². The quantitative estimate of drug-likeness (QED) is 0.663. The molecule has 2 heterocycles. The van der Waals surface area contributed by atoms with E-state index in [-0.39, 0.29) is 30.6 Å². The highest BCUT2D eigenvalue weighted by molar-refractivity contribution is 5.81. The third kappa shape index (κ3) is 5.96. The Morgan fingerprint density at radius 3 is 2.54 bits per heavy atom. The molecule has 28 heavy (non-hydrogen) atoms. The van der Waals surface area contributed by atoms with Crippen molar-refractivity contribution in [3.05, 3.63) is 11.6 Å². The van der Waals surface area contributed by atoms with Gasteiger partial charge >= 0.3 is 0 Å². The molecule has 1 aromatic heterocycles. The summed E-state index contributed by atoms with van der Waals surface area (Å²) in [7, 11) is 0. The summed E-state index contributed by atoms with van der Waals surface area (Å²) in [6.45, 7) is 9.84. The molecule has 1 N–H and O–H groups in total. The van der Waals surface area contributed by atoms with Crippen molar-refractivity contribution in [3.63, 3.8) is 0 Å². The van der Waals surface area contributed by atoms with Crippen LogP contribution in [0, 0.1) is 18.3 Å². The third-order valence-electron chi connectivity index (χ3n) is 4.58. The summed E-state index contributed by atoms with van der Waals surface area (Å²) in [5, 5.41) is 12.0. The van der Waals surface area contributed by atoms with Gasteiger partial charge in [0.25, 0.3) is 0 Å². The molecule has 154 valence electrons. The minimum Gasteiger partial charge on any atom is -0.424 e. The summed E-state index contributed by atoms with van der Waals surface area (Å²) >= 11 is 0. The van der Waals surface area contributed by atoms with Crippen LogP contribution < -0.4 is 10.2 Å². The van der Waals surface area contributed by atoms with Gasteiger partial charge in [-0.1, -0.05) is 13.8 Å². The van der Waals surface area contributed by atoms with Gasteiger partial charge in [-0.25, -0.2) is 4.98 Å². The molecule has 0 unspecified atom stereocenters. The molecule has 9 nitrogen and oxygen atoms in total. The summed E-state index contributed by atoms with van der Waals surface area (Å²) in [5.41, 5.74) is 0.282. The van der Waals surface area contributed by atoms with E-state index in [1.807, 2.05) is 29.7 Å². The van der Waals surface area contributed by atoms with Crippen LogP contribution in [0.3, 0.4) is 0 Å².